The first-order valence-corrected chi connectivity index (χ1v) is 5.47. The Bertz CT molecular complexity index is 419. The van der Waals surface area contributed by atoms with E-state index >= 15 is 0 Å². The summed E-state index contributed by atoms with van der Waals surface area (Å²) >= 11 is 0. The van der Waals surface area contributed by atoms with Gasteiger partial charge in [-0.3, -0.25) is 0 Å². The molecule has 1 saturated carbocycles. The lowest BCUT2D eigenvalue weighted by Gasteiger charge is -2.13. The number of alkyl halides is 3. The molecule has 2 rings (SSSR count). The van der Waals surface area contributed by atoms with Gasteiger partial charge in [-0.1, -0.05) is 18.7 Å². The van der Waals surface area contributed by atoms with Gasteiger partial charge in [0.25, 0.3) is 0 Å². The molecule has 0 bridgehead atoms. The molecule has 17 heavy (non-hydrogen) atoms. The highest BCUT2D eigenvalue weighted by molar-refractivity contribution is 5.55. The summed E-state index contributed by atoms with van der Waals surface area (Å²) in [6, 6.07) is 3.98. The van der Waals surface area contributed by atoms with Crippen LogP contribution in [0.3, 0.4) is 0 Å². The minimum Gasteiger partial charge on any atom is -0.493 e. The molecule has 92 valence electrons. The number of benzene rings is 1. The zero-order valence-corrected chi connectivity index (χ0v) is 9.26. The summed E-state index contributed by atoms with van der Waals surface area (Å²) in [5.41, 5.74) is -0.614. The van der Waals surface area contributed by atoms with Crippen LogP contribution in [0, 0.1) is 5.92 Å². The van der Waals surface area contributed by atoms with Gasteiger partial charge in [-0.05, 0) is 36.5 Å². The molecule has 4 heteroatoms. The maximum absolute atomic E-state index is 12.7. The van der Waals surface area contributed by atoms with Crippen LogP contribution < -0.4 is 4.74 Å². The van der Waals surface area contributed by atoms with Gasteiger partial charge < -0.3 is 4.74 Å². The van der Waals surface area contributed by atoms with Crippen molar-refractivity contribution in [2.75, 3.05) is 6.61 Å². The predicted molar refractivity (Wildman–Crippen MR) is 59.8 cm³/mol. The van der Waals surface area contributed by atoms with Gasteiger partial charge in [-0.15, -0.1) is 0 Å². The molecular formula is C13H13F3O. The molecule has 0 amide bonds. The molecule has 1 nitrogen and oxygen atoms in total. The van der Waals surface area contributed by atoms with Gasteiger partial charge in [0.1, 0.15) is 5.75 Å². The van der Waals surface area contributed by atoms with E-state index in [-0.39, 0.29) is 11.3 Å². The van der Waals surface area contributed by atoms with Crippen molar-refractivity contribution in [3.05, 3.63) is 35.9 Å². The van der Waals surface area contributed by atoms with Crippen LogP contribution >= 0.6 is 0 Å². The number of hydrogen-bond acceptors (Lipinski definition) is 1. The summed E-state index contributed by atoms with van der Waals surface area (Å²) in [6.07, 6.45) is -0.955. The smallest absolute Gasteiger partial charge is 0.417 e. The van der Waals surface area contributed by atoms with Crippen LogP contribution in [0.15, 0.2) is 24.8 Å². The highest BCUT2D eigenvalue weighted by Crippen LogP contribution is 2.35. The minimum absolute atomic E-state index is 0.0799. The molecule has 0 aromatic heterocycles. The molecule has 0 unspecified atom stereocenters. The van der Waals surface area contributed by atoms with E-state index in [0.717, 1.165) is 18.9 Å². The summed E-state index contributed by atoms with van der Waals surface area (Å²) in [6.45, 7) is 3.88. The first kappa shape index (κ1) is 12.0. The lowest BCUT2D eigenvalue weighted by molar-refractivity contribution is -0.137. The van der Waals surface area contributed by atoms with Crippen LogP contribution in [0.5, 0.6) is 5.75 Å². The average Bonchev–Trinajstić information content (AvgIpc) is 3.08. The SMILES string of the molecule is C=Cc1ccc(OCC2CC2)cc1C(F)(F)F. The fourth-order valence-electron chi connectivity index (χ4n) is 1.55. The molecule has 1 aromatic carbocycles. The molecule has 0 saturated heterocycles. The predicted octanol–water partition coefficient (Wildman–Crippen LogP) is 4.14. The second-order valence-electron chi connectivity index (χ2n) is 4.21. The van der Waals surface area contributed by atoms with Gasteiger partial charge in [-0.25, -0.2) is 0 Å². The number of hydrogen-bond donors (Lipinski definition) is 0. The van der Waals surface area contributed by atoms with Gasteiger partial charge in [0, 0.05) is 0 Å². The van der Waals surface area contributed by atoms with Crippen LogP contribution in [0.1, 0.15) is 24.0 Å². The molecule has 0 N–H and O–H groups in total. The topological polar surface area (TPSA) is 9.23 Å². The van der Waals surface area contributed by atoms with Gasteiger partial charge in [-0.2, -0.15) is 13.2 Å². The van der Waals surface area contributed by atoms with Crippen molar-refractivity contribution in [2.24, 2.45) is 5.92 Å². The quantitative estimate of drug-likeness (QED) is 0.771. The second-order valence-corrected chi connectivity index (χ2v) is 4.21. The van der Waals surface area contributed by atoms with Gasteiger partial charge >= 0.3 is 6.18 Å². The minimum atomic E-state index is -4.37. The van der Waals surface area contributed by atoms with Gasteiger partial charge in [0.05, 0.1) is 12.2 Å². The molecule has 0 aliphatic heterocycles. The molecule has 0 radical (unpaired) electrons. The van der Waals surface area contributed by atoms with E-state index in [1.54, 1.807) is 6.07 Å². The van der Waals surface area contributed by atoms with Crippen LogP contribution in [0.2, 0.25) is 0 Å². The molecule has 0 spiro atoms. The van der Waals surface area contributed by atoms with E-state index in [1.807, 2.05) is 0 Å². The Labute approximate surface area is 97.9 Å². The summed E-state index contributed by atoms with van der Waals surface area (Å²) < 4.78 is 43.5. The monoisotopic (exact) mass is 242 g/mol. The van der Waals surface area contributed by atoms with E-state index in [4.69, 9.17) is 4.74 Å². The fourth-order valence-corrected chi connectivity index (χ4v) is 1.55. The van der Waals surface area contributed by atoms with E-state index in [9.17, 15) is 13.2 Å². The largest absolute Gasteiger partial charge is 0.493 e. The molecule has 0 heterocycles. The first-order valence-electron chi connectivity index (χ1n) is 5.47. The number of halogens is 3. The molecule has 0 atom stereocenters. The third kappa shape index (κ3) is 3.02. The summed E-state index contributed by atoms with van der Waals surface area (Å²) in [4.78, 5) is 0. The standard InChI is InChI=1S/C13H13F3O/c1-2-10-5-6-11(17-8-9-3-4-9)7-12(10)13(14,15)16/h2,5-7,9H,1,3-4,8H2. The zero-order chi connectivity index (χ0) is 12.5. The van der Waals surface area contributed by atoms with Crippen molar-refractivity contribution in [2.45, 2.75) is 19.0 Å². The van der Waals surface area contributed by atoms with Crippen molar-refractivity contribution < 1.29 is 17.9 Å². The Kier molecular flexibility index (Phi) is 3.13. The molecular weight excluding hydrogens is 229 g/mol. The second kappa shape index (κ2) is 4.43. The average molecular weight is 242 g/mol. The van der Waals surface area contributed by atoms with Crippen LogP contribution in [0.25, 0.3) is 6.08 Å². The maximum Gasteiger partial charge on any atom is 0.417 e. The van der Waals surface area contributed by atoms with Gasteiger partial charge in [0.15, 0.2) is 0 Å². The lowest BCUT2D eigenvalue weighted by atomic mass is 10.1. The molecule has 1 aliphatic rings. The Morgan fingerprint density at radius 1 is 1.35 bits per heavy atom. The first-order chi connectivity index (χ1) is 8.00. The van der Waals surface area contributed by atoms with Crippen LogP contribution in [-0.2, 0) is 6.18 Å². The van der Waals surface area contributed by atoms with Crippen LogP contribution in [-0.4, -0.2) is 6.61 Å². The van der Waals surface area contributed by atoms with E-state index < -0.39 is 11.7 Å². The van der Waals surface area contributed by atoms with Crippen molar-refractivity contribution >= 4 is 6.08 Å². The Hall–Kier alpha value is -1.45. The summed E-state index contributed by atoms with van der Waals surface area (Å²) in [5, 5.41) is 0. The fraction of sp³-hybridized carbons (Fsp3) is 0.385. The van der Waals surface area contributed by atoms with Gasteiger partial charge in [0.2, 0.25) is 0 Å². The Morgan fingerprint density at radius 2 is 2.06 bits per heavy atom. The van der Waals surface area contributed by atoms with E-state index in [1.165, 1.54) is 12.1 Å². The lowest BCUT2D eigenvalue weighted by Crippen LogP contribution is -2.08. The third-order valence-electron chi connectivity index (χ3n) is 2.73. The highest BCUT2D eigenvalue weighted by Gasteiger charge is 2.33. The Balaban J connectivity index is 2.20. The van der Waals surface area contributed by atoms with Crippen molar-refractivity contribution in [1.29, 1.82) is 0 Å². The Morgan fingerprint density at radius 3 is 2.59 bits per heavy atom. The highest BCUT2D eigenvalue weighted by atomic mass is 19.4. The van der Waals surface area contributed by atoms with Crippen molar-refractivity contribution in [3.63, 3.8) is 0 Å². The summed E-state index contributed by atoms with van der Waals surface area (Å²) in [5.74, 6) is 0.790. The zero-order valence-electron chi connectivity index (χ0n) is 9.26. The van der Waals surface area contributed by atoms with E-state index in [0.29, 0.717) is 12.5 Å². The van der Waals surface area contributed by atoms with E-state index in [2.05, 4.69) is 6.58 Å². The maximum atomic E-state index is 12.7. The van der Waals surface area contributed by atoms with Crippen molar-refractivity contribution in [3.8, 4) is 5.75 Å². The number of rotatable bonds is 4. The third-order valence-corrected chi connectivity index (χ3v) is 2.73. The molecule has 1 aliphatic carbocycles. The number of ether oxygens (including phenoxy) is 1. The molecule has 1 fully saturated rings. The van der Waals surface area contributed by atoms with Crippen molar-refractivity contribution in [1.82, 2.24) is 0 Å². The summed E-state index contributed by atoms with van der Waals surface area (Å²) in [7, 11) is 0. The van der Waals surface area contributed by atoms with Crippen LogP contribution in [0.4, 0.5) is 13.2 Å². The normalized spacial score (nSPS) is 15.7. The molecule has 1 aromatic rings.